The highest BCUT2D eigenvalue weighted by Gasteiger charge is 2.63. The lowest BCUT2D eigenvalue weighted by Crippen LogP contribution is -2.50. The first-order chi connectivity index (χ1) is 19.3. The fourth-order valence-corrected chi connectivity index (χ4v) is 7.28. The number of amides is 3. The summed E-state index contributed by atoms with van der Waals surface area (Å²) in [5, 5.41) is 3.52. The van der Waals surface area contributed by atoms with Crippen molar-refractivity contribution in [1.82, 2.24) is 10.0 Å². The molecule has 0 N–H and O–H groups in total. The summed E-state index contributed by atoms with van der Waals surface area (Å²) in [6.45, 7) is -0.0936. The molecule has 0 aromatic heterocycles. The van der Waals surface area contributed by atoms with Crippen LogP contribution in [-0.4, -0.2) is 27.7 Å². The number of carbonyl (C=O) groups is 3. The molecule has 1 heterocycles. The van der Waals surface area contributed by atoms with E-state index in [0.717, 1.165) is 27.3 Å². The van der Waals surface area contributed by atoms with Crippen LogP contribution in [0, 0.1) is 11.8 Å². The lowest BCUT2D eigenvalue weighted by atomic mass is 9.55. The summed E-state index contributed by atoms with van der Waals surface area (Å²) < 4.78 is 0. The van der Waals surface area contributed by atoms with Crippen molar-refractivity contribution in [2.45, 2.75) is 18.4 Å². The van der Waals surface area contributed by atoms with Crippen molar-refractivity contribution in [3.8, 4) is 0 Å². The molecule has 0 spiro atoms. The molecule has 4 aromatic rings. The second kappa shape index (κ2) is 9.48. The van der Waals surface area contributed by atoms with Gasteiger partial charge in [-0.25, -0.2) is 5.01 Å². The number of hydrogen-bond donors (Lipinski definition) is 0. The second-order valence-corrected chi connectivity index (χ2v) is 11.6. The SMILES string of the molecule is O=C(c1ccc(Cl)cc1)N(Cc1ccc(Cl)cc1Cl)N1C(=O)[C@@H]2C3c4ccccc4C(c4ccccc43)[C@H]2C1=O. The van der Waals surface area contributed by atoms with Crippen LogP contribution in [0.5, 0.6) is 0 Å². The first-order valence-electron chi connectivity index (χ1n) is 12.9. The fourth-order valence-electron chi connectivity index (χ4n) is 6.69. The molecule has 5 nitrogen and oxygen atoms in total. The molecule has 4 aliphatic rings. The van der Waals surface area contributed by atoms with Crippen molar-refractivity contribution in [1.29, 1.82) is 0 Å². The molecule has 8 heteroatoms. The zero-order valence-electron chi connectivity index (χ0n) is 20.9. The number of nitrogens with zero attached hydrogens (tertiary/aromatic N) is 2. The minimum absolute atomic E-state index is 0.0936. The Kier molecular flexibility index (Phi) is 6.00. The summed E-state index contributed by atoms with van der Waals surface area (Å²) in [6.07, 6.45) is 0. The second-order valence-electron chi connectivity index (χ2n) is 10.4. The van der Waals surface area contributed by atoms with Gasteiger partial charge in [-0.2, -0.15) is 5.01 Å². The van der Waals surface area contributed by atoms with Crippen molar-refractivity contribution in [3.05, 3.63) is 139 Å². The molecule has 4 aromatic carbocycles. The molecular formula is C32H21Cl3N2O3. The van der Waals surface area contributed by atoms with Crippen molar-refractivity contribution >= 4 is 52.5 Å². The van der Waals surface area contributed by atoms with Gasteiger partial charge in [0, 0.05) is 32.5 Å². The van der Waals surface area contributed by atoms with Gasteiger partial charge in [0.1, 0.15) is 0 Å². The highest BCUT2D eigenvalue weighted by atomic mass is 35.5. The quantitative estimate of drug-likeness (QED) is 0.239. The summed E-state index contributed by atoms with van der Waals surface area (Å²) in [7, 11) is 0. The van der Waals surface area contributed by atoms with Gasteiger partial charge in [-0.05, 0) is 64.2 Å². The Morgan fingerprint density at radius 2 is 1.15 bits per heavy atom. The van der Waals surface area contributed by atoms with Crippen LogP contribution in [0.15, 0.2) is 91.0 Å². The maximum atomic E-state index is 14.4. The monoisotopic (exact) mass is 586 g/mol. The number of carbonyl (C=O) groups excluding carboxylic acids is 3. The summed E-state index contributed by atoms with van der Waals surface area (Å²) in [4.78, 5) is 42.7. The van der Waals surface area contributed by atoms with E-state index in [1.54, 1.807) is 42.5 Å². The van der Waals surface area contributed by atoms with Crippen LogP contribution in [0.1, 0.15) is 50.0 Å². The predicted octanol–water partition coefficient (Wildman–Crippen LogP) is 7.10. The number of hydrazine groups is 1. The lowest BCUT2D eigenvalue weighted by Gasteiger charge is -2.45. The van der Waals surface area contributed by atoms with Crippen LogP contribution < -0.4 is 0 Å². The number of hydrogen-bond acceptors (Lipinski definition) is 3. The number of rotatable bonds is 4. The van der Waals surface area contributed by atoms with E-state index in [-0.39, 0.29) is 30.2 Å². The largest absolute Gasteiger partial charge is 0.273 e. The number of halogens is 3. The molecule has 8 rings (SSSR count). The van der Waals surface area contributed by atoms with Crippen LogP contribution in [0.3, 0.4) is 0 Å². The Labute approximate surface area is 245 Å². The molecular weight excluding hydrogens is 567 g/mol. The summed E-state index contributed by atoms with van der Waals surface area (Å²) in [6, 6.07) is 27.3. The first-order valence-corrected chi connectivity index (χ1v) is 14.0. The molecule has 1 saturated heterocycles. The minimum Gasteiger partial charge on any atom is -0.272 e. The summed E-state index contributed by atoms with van der Waals surface area (Å²) in [5.41, 5.74) is 5.09. The molecule has 0 radical (unpaired) electrons. The van der Waals surface area contributed by atoms with Crippen LogP contribution in [-0.2, 0) is 16.1 Å². The molecule has 40 heavy (non-hydrogen) atoms. The Hall–Kier alpha value is -3.64. The van der Waals surface area contributed by atoms with Crippen molar-refractivity contribution in [2.75, 3.05) is 0 Å². The van der Waals surface area contributed by atoms with Gasteiger partial charge in [0.2, 0.25) is 0 Å². The maximum absolute atomic E-state index is 14.4. The van der Waals surface area contributed by atoms with E-state index >= 15 is 0 Å². The molecule has 3 aliphatic carbocycles. The predicted molar refractivity (Wildman–Crippen MR) is 153 cm³/mol. The lowest BCUT2D eigenvalue weighted by molar-refractivity contribution is -0.155. The third kappa shape index (κ3) is 3.72. The summed E-state index contributed by atoms with van der Waals surface area (Å²) in [5.74, 6) is -3.09. The maximum Gasteiger partial charge on any atom is 0.273 e. The van der Waals surface area contributed by atoms with Gasteiger partial charge in [-0.1, -0.05) is 89.4 Å². The zero-order valence-corrected chi connectivity index (χ0v) is 23.2. The van der Waals surface area contributed by atoms with E-state index in [4.69, 9.17) is 34.8 Å². The Bertz CT molecular complexity index is 1610. The van der Waals surface area contributed by atoms with E-state index in [1.165, 1.54) is 5.01 Å². The molecule has 0 saturated carbocycles. The minimum atomic E-state index is -0.622. The molecule has 0 unspecified atom stereocenters. The highest BCUT2D eigenvalue weighted by molar-refractivity contribution is 6.35. The normalized spacial score (nSPS) is 22.1. The van der Waals surface area contributed by atoms with Gasteiger partial charge in [0.15, 0.2) is 0 Å². The van der Waals surface area contributed by atoms with E-state index in [9.17, 15) is 14.4 Å². The van der Waals surface area contributed by atoms with Crippen molar-refractivity contribution < 1.29 is 14.4 Å². The van der Waals surface area contributed by atoms with Crippen molar-refractivity contribution in [2.24, 2.45) is 11.8 Å². The van der Waals surface area contributed by atoms with Gasteiger partial charge < -0.3 is 0 Å². The molecule has 2 bridgehead atoms. The molecule has 2 atom stereocenters. The summed E-state index contributed by atoms with van der Waals surface area (Å²) >= 11 is 18.7. The van der Waals surface area contributed by atoms with E-state index in [2.05, 4.69) is 0 Å². The number of imide groups is 1. The average Bonchev–Trinajstić information content (AvgIpc) is 3.23. The highest BCUT2D eigenvalue weighted by Crippen LogP contribution is 2.61. The Balaban J connectivity index is 1.35. The van der Waals surface area contributed by atoms with Gasteiger partial charge in [-0.3, -0.25) is 14.4 Å². The fraction of sp³-hybridized carbons (Fsp3) is 0.156. The van der Waals surface area contributed by atoms with E-state index in [1.807, 2.05) is 48.5 Å². The smallest absolute Gasteiger partial charge is 0.272 e. The van der Waals surface area contributed by atoms with Gasteiger partial charge in [-0.15, -0.1) is 0 Å². The third-order valence-electron chi connectivity index (χ3n) is 8.33. The topological polar surface area (TPSA) is 57.7 Å². The van der Waals surface area contributed by atoms with Crippen LogP contribution >= 0.6 is 34.8 Å². The molecule has 198 valence electrons. The molecule has 1 fully saturated rings. The Morgan fingerprint density at radius 1 is 0.675 bits per heavy atom. The zero-order chi connectivity index (χ0) is 27.7. The molecule has 3 amide bonds. The van der Waals surface area contributed by atoms with E-state index < -0.39 is 17.7 Å². The van der Waals surface area contributed by atoms with Gasteiger partial charge in [0.05, 0.1) is 18.4 Å². The third-order valence-corrected chi connectivity index (χ3v) is 9.17. The van der Waals surface area contributed by atoms with Gasteiger partial charge in [0.25, 0.3) is 17.7 Å². The van der Waals surface area contributed by atoms with Gasteiger partial charge >= 0.3 is 0 Å². The standard InChI is InChI=1S/C32H21Cl3N2O3/c33-19-12-9-17(10-13-19)30(38)36(16-18-11-14-20(34)15-25(18)35)37-31(39)28-26-21-5-1-2-6-22(21)27(29(28)32(37)40)24-8-4-3-7-23(24)26/h1-15,26-29H,16H2/t26?,27?,28-,29-/m1/s1. The average molecular weight is 588 g/mol. The van der Waals surface area contributed by atoms with Crippen LogP contribution in [0.2, 0.25) is 15.1 Å². The van der Waals surface area contributed by atoms with Crippen LogP contribution in [0.25, 0.3) is 0 Å². The first kappa shape index (κ1) is 25.3. The molecule has 1 aliphatic heterocycles. The van der Waals surface area contributed by atoms with E-state index in [0.29, 0.717) is 26.2 Å². The van der Waals surface area contributed by atoms with Crippen molar-refractivity contribution in [3.63, 3.8) is 0 Å². The Morgan fingerprint density at radius 3 is 1.62 bits per heavy atom. The number of benzene rings is 4. The van der Waals surface area contributed by atoms with Crippen LogP contribution in [0.4, 0.5) is 0 Å².